The summed E-state index contributed by atoms with van der Waals surface area (Å²) < 4.78 is 27.9. The van der Waals surface area contributed by atoms with Crippen molar-refractivity contribution in [3.05, 3.63) is 11.5 Å². The SMILES string of the molecule is CCCCCCCCOCC(O)CNC1C=CS(=O)(=O)C1. The Labute approximate surface area is 128 Å². The topological polar surface area (TPSA) is 75.6 Å². The van der Waals surface area contributed by atoms with Gasteiger partial charge in [0, 0.05) is 24.6 Å². The molecule has 2 atom stereocenters. The second-order valence-corrected chi connectivity index (χ2v) is 7.60. The highest BCUT2D eigenvalue weighted by Crippen LogP contribution is 2.08. The summed E-state index contributed by atoms with van der Waals surface area (Å²) in [5.74, 6) is 0.0817. The minimum absolute atomic E-state index is 0.0817. The molecule has 1 rings (SSSR count). The van der Waals surface area contributed by atoms with Gasteiger partial charge in [-0.1, -0.05) is 45.1 Å². The van der Waals surface area contributed by atoms with Gasteiger partial charge < -0.3 is 15.2 Å². The smallest absolute Gasteiger partial charge is 0.173 e. The van der Waals surface area contributed by atoms with Gasteiger partial charge in [-0.05, 0) is 6.42 Å². The van der Waals surface area contributed by atoms with Crippen LogP contribution in [0.15, 0.2) is 11.5 Å². The third kappa shape index (κ3) is 9.24. The van der Waals surface area contributed by atoms with E-state index in [-0.39, 0.29) is 11.8 Å². The summed E-state index contributed by atoms with van der Waals surface area (Å²) in [6, 6.07) is -0.191. The second-order valence-electron chi connectivity index (χ2n) is 5.67. The zero-order valence-corrected chi connectivity index (χ0v) is 13.8. The summed E-state index contributed by atoms with van der Waals surface area (Å²) in [5, 5.41) is 14.0. The van der Waals surface area contributed by atoms with Crippen molar-refractivity contribution in [1.82, 2.24) is 5.32 Å². The average Bonchev–Trinajstić information content (AvgIpc) is 2.79. The van der Waals surface area contributed by atoms with Crippen molar-refractivity contribution in [3.63, 3.8) is 0 Å². The van der Waals surface area contributed by atoms with E-state index in [1.165, 1.54) is 37.5 Å². The van der Waals surface area contributed by atoms with Crippen LogP contribution in [0.25, 0.3) is 0 Å². The number of ether oxygens (including phenoxy) is 1. The molecular formula is C15H29NO4S. The number of nitrogens with one attached hydrogen (secondary N) is 1. The van der Waals surface area contributed by atoms with Gasteiger partial charge in [0.2, 0.25) is 0 Å². The van der Waals surface area contributed by atoms with Gasteiger partial charge >= 0.3 is 0 Å². The lowest BCUT2D eigenvalue weighted by molar-refractivity contribution is 0.0350. The number of aliphatic hydroxyl groups is 1. The molecule has 124 valence electrons. The maximum absolute atomic E-state index is 11.2. The number of unbranched alkanes of at least 4 members (excludes halogenated alkanes) is 5. The fraction of sp³-hybridized carbons (Fsp3) is 0.867. The first kappa shape index (κ1) is 18.6. The summed E-state index contributed by atoms with van der Waals surface area (Å²) in [4.78, 5) is 0. The van der Waals surface area contributed by atoms with E-state index in [0.29, 0.717) is 19.8 Å². The van der Waals surface area contributed by atoms with Gasteiger partial charge in [0.25, 0.3) is 0 Å². The first-order valence-corrected chi connectivity index (χ1v) is 9.65. The van der Waals surface area contributed by atoms with Crippen molar-refractivity contribution in [3.8, 4) is 0 Å². The number of rotatable bonds is 12. The van der Waals surface area contributed by atoms with E-state index in [4.69, 9.17) is 4.74 Å². The van der Waals surface area contributed by atoms with Crippen molar-refractivity contribution >= 4 is 9.84 Å². The molecule has 0 radical (unpaired) electrons. The van der Waals surface area contributed by atoms with Crippen molar-refractivity contribution in [2.45, 2.75) is 57.6 Å². The van der Waals surface area contributed by atoms with E-state index in [1.54, 1.807) is 6.08 Å². The molecule has 0 saturated carbocycles. The Kier molecular flexibility index (Phi) is 9.15. The molecule has 1 heterocycles. The maximum Gasteiger partial charge on any atom is 0.173 e. The second kappa shape index (κ2) is 10.3. The number of aliphatic hydroxyl groups excluding tert-OH is 1. The van der Waals surface area contributed by atoms with Gasteiger partial charge in [-0.25, -0.2) is 8.42 Å². The predicted octanol–water partition coefficient (Wildman–Crippen LogP) is 1.62. The number of hydrogen-bond acceptors (Lipinski definition) is 5. The van der Waals surface area contributed by atoms with Crippen LogP contribution < -0.4 is 5.32 Å². The van der Waals surface area contributed by atoms with Crippen LogP contribution in [0.3, 0.4) is 0 Å². The van der Waals surface area contributed by atoms with Crippen LogP contribution in [0.5, 0.6) is 0 Å². The highest BCUT2D eigenvalue weighted by atomic mass is 32.2. The molecule has 0 saturated heterocycles. The van der Waals surface area contributed by atoms with Gasteiger partial charge in [0.1, 0.15) is 0 Å². The minimum atomic E-state index is -3.03. The van der Waals surface area contributed by atoms with Gasteiger partial charge in [0.05, 0.1) is 18.5 Å². The van der Waals surface area contributed by atoms with Crippen molar-refractivity contribution in [2.24, 2.45) is 0 Å². The highest BCUT2D eigenvalue weighted by molar-refractivity contribution is 7.94. The van der Waals surface area contributed by atoms with E-state index >= 15 is 0 Å². The number of hydrogen-bond donors (Lipinski definition) is 2. The largest absolute Gasteiger partial charge is 0.389 e. The Morgan fingerprint density at radius 2 is 2.00 bits per heavy atom. The first-order chi connectivity index (χ1) is 10.0. The van der Waals surface area contributed by atoms with Crippen LogP contribution in [0, 0.1) is 0 Å². The molecule has 21 heavy (non-hydrogen) atoms. The molecule has 5 nitrogen and oxygen atoms in total. The van der Waals surface area contributed by atoms with Gasteiger partial charge in [-0.15, -0.1) is 0 Å². The molecule has 0 fully saturated rings. The fourth-order valence-electron chi connectivity index (χ4n) is 2.25. The Hall–Kier alpha value is -0.430. The van der Waals surface area contributed by atoms with Gasteiger partial charge in [-0.2, -0.15) is 0 Å². The molecule has 0 spiro atoms. The molecule has 2 N–H and O–H groups in total. The lowest BCUT2D eigenvalue weighted by Gasteiger charge is -2.15. The van der Waals surface area contributed by atoms with E-state index in [9.17, 15) is 13.5 Å². The normalized spacial score (nSPS) is 21.7. The summed E-state index contributed by atoms with van der Waals surface area (Å²) in [7, 11) is -3.03. The van der Waals surface area contributed by atoms with E-state index < -0.39 is 15.9 Å². The van der Waals surface area contributed by atoms with Crippen LogP contribution in [0.1, 0.15) is 45.4 Å². The molecule has 0 aliphatic carbocycles. The maximum atomic E-state index is 11.2. The summed E-state index contributed by atoms with van der Waals surface area (Å²) in [5.41, 5.74) is 0. The van der Waals surface area contributed by atoms with Crippen LogP contribution in [-0.2, 0) is 14.6 Å². The van der Waals surface area contributed by atoms with E-state index in [0.717, 1.165) is 6.42 Å². The summed E-state index contributed by atoms with van der Waals surface area (Å²) in [6.45, 7) is 3.53. The Bertz CT molecular complexity index is 394. The zero-order chi connectivity index (χ0) is 15.6. The fourth-order valence-corrected chi connectivity index (χ4v) is 3.52. The molecular weight excluding hydrogens is 290 g/mol. The Morgan fingerprint density at radius 3 is 2.67 bits per heavy atom. The van der Waals surface area contributed by atoms with E-state index in [2.05, 4.69) is 12.2 Å². The Morgan fingerprint density at radius 1 is 1.29 bits per heavy atom. The standard InChI is InChI=1S/C15H29NO4S/c1-2-3-4-5-6-7-9-20-12-15(17)11-16-14-8-10-21(18,19)13-14/h8,10,14-17H,2-7,9,11-13H2,1H3. The lowest BCUT2D eigenvalue weighted by atomic mass is 10.1. The van der Waals surface area contributed by atoms with Crippen molar-refractivity contribution < 1.29 is 18.3 Å². The highest BCUT2D eigenvalue weighted by Gasteiger charge is 2.21. The zero-order valence-electron chi connectivity index (χ0n) is 13.0. The first-order valence-electron chi connectivity index (χ1n) is 7.93. The third-order valence-corrected chi connectivity index (χ3v) is 4.89. The predicted molar refractivity (Wildman–Crippen MR) is 84.9 cm³/mol. The van der Waals surface area contributed by atoms with Crippen molar-refractivity contribution in [2.75, 3.05) is 25.5 Å². The molecule has 0 aromatic rings. The number of sulfone groups is 1. The quantitative estimate of drug-likeness (QED) is 0.535. The monoisotopic (exact) mass is 319 g/mol. The molecule has 2 unspecified atom stereocenters. The summed E-state index contributed by atoms with van der Waals surface area (Å²) in [6.07, 6.45) is 8.35. The Balaban J connectivity index is 1.92. The molecule has 0 bridgehead atoms. The minimum Gasteiger partial charge on any atom is -0.389 e. The molecule has 0 amide bonds. The average molecular weight is 319 g/mol. The van der Waals surface area contributed by atoms with Crippen LogP contribution in [-0.4, -0.2) is 51.2 Å². The third-order valence-electron chi connectivity index (χ3n) is 3.50. The lowest BCUT2D eigenvalue weighted by Crippen LogP contribution is -2.38. The van der Waals surface area contributed by atoms with Crippen LogP contribution in [0.4, 0.5) is 0 Å². The van der Waals surface area contributed by atoms with Crippen molar-refractivity contribution in [1.29, 1.82) is 0 Å². The molecule has 0 aromatic heterocycles. The van der Waals surface area contributed by atoms with Crippen LogP contribution in [0.2, 0.25) is 0 Å². The molecule has 0 aromatic carbocycles. The molecule has 1 aliphatic heterocycles. The molecule has 1 aliphatic rings. The van der Waals surface area contributed by atoms with Gasteiger partial charge in [0.15, 0.2) is 9.84 Å². The molecule has 6 heteroatoms. The summed E-state index contributed by atoms with van der Waals surface area (Å²) >= 11 is 0. The van der Waals surface area contributed by atoms with Crippen LogP contribution >= 0.6 is 0 Å². The van der Waals surface area contributed by atoms with Gasteiger partial charge in [-0.3, -0.25) is 0 Å². The van der Waals surface area contributed by atoms with E-state index in [1.807, 2.05) is 0 Å².